The van der Waals surface area contributed by atoms with Crippen LogP contribution in [0.2, 0.25) is 0 Å². The van der Waals surface area contributed by atoms with Crippen LogP contribution in [0.3, 0.4) is 0 Å². The maximum Gasteiger partial charge on any atom is 0.306 e. The van der Waals surface area contributed by atoms with Crippen LogP contribution in [0.25, 0.3) is 0 Å². The molecule has 0 bridgehead atoms. The molecule has 0 aliphatic heterocycles. The predicted octanol–water partition coefficient (Wildman–Crippen LogP) is 2.97. The van der Waals surface area contributed by atoms with Crippen molar-refractivity contribution in [1.82, 2.24) is 0 Å². The first-order valence-corrected chi connectivity index (χ1v) is 7.79. The third kappa shape index (κ3) is 5.88. The van der Waals surface area contributed by atoms with Gasteiger partial charge < -0.3 is 10.1 Å². The molecule has 27 heavy (non-hydrogen) atoms. The first kappa shape index (κ1) is 19.5. The summed E-state index contributed by atoms with van der Waals surface area (Å²) in [5, 5.41) is 24.0. The van der Waals surface area contributed by atoms with Crippen LogP contribution in [-0.2, 0) is 20.9 Å². The summed E-state index contributed by atoms with van der Waals surface area (Å²) in [6.45, 7) is -0.275. The molecule has 10 nitrogen and oxygen atoms in total. The summed E-state index contributed by atoms with van der Waals surface area (Å²) >= 11 is 0. The first-order valence-electron chi connectivity index (χ1n) is 7.79. The molecule has 0 heterocycles. The monoisotopic (exact) mass is 373 g/mol. The number of hydrogen-bond acceptors (Lipinski definition) is 7. The number of carbonyl (C=O) groups excluding carboxylic acids is 2. The minimum absolute atomic E-state index is 0.159. The second-order valence-electron chi connectivity index (χ2n) is 5.40. The van der Waals surface area contributed by atoms with E-state index in [1.165, 1.54) is 42.5 Å². The van der Waals surface area contributed by atoms with Crippen molar-refractivity contribution >= 4 is 28.9 Å². The molecule has 0 aromatic heterocycles. The number of non-ortho nitro benzene ring substituents is 1. The van der Waals surface area contributed by atoms with Gasteiger partial charge in [0.15, 0.2) is 0 Å². The number of benzene rings is 2. The van der Waals surface area contributed by atoms with Crippen molar-refractivity contribution in [2.75, 3.05) is 5.32 Å². The highest BCUT2D eigenvalue weighted by atomic mass is 16.6. The number of anilines is 1. The molecular formula is C17H15N3O7. The fourth-order valence-corrected chi connectivity index (χ4v) is 2.18. The van der Waals surface area contributed by atoms with E-state index >= 15 is 0 Å². The number of nitrogens with zero attached hydrogens (tertiary/aromatic N) is 2. The highest BCUT2D eigenvalue weighted by molar-refractivity contribution is 5.92. The minimum atomic E-state index is -0.692. The second kappa shape index (κ2) is 9.04. The number of nitrogens with one attached hydrogen (secondary N) is 1. The summed E-state index contributed by atoms with van der Waals surface area (Å²) in [4.78, 5) is 44.0. The zero-order chi connectivity index (χ0) is 19.8. The van der Waals surface area contributed by atoms with E-state index in [2.05, 4.69) is 5.32 Å². The number of esters is 1. The lowest BCUT2D eigenvalue weighted by Gasteiger charge is -2.07. The lowest BCUT2D eigenvalue weighted by molar-refractivity contribution is -0.385. The molecule has 0 saturated heterocycles. The molecule has 0 aliphatic carbocycles. The van der Waals surface area contributed by atoms with E-state index in [-0.39, 0.29) is 42.1 Å². The van der Waals surface area contributed by atoms with Crippen LogP contribution in [0.1, 0.15) is 18.4 Å². The molecule has 2 aromatic carbocycles. The van der Waals surface area contributed by atoms with E-state index < -0.39 is 21.7 Å². The highest BCUT2D eigenvalue weighted by Gasteiger charge is 2.15. The van der Waals surface area contributed by atoms with Crippen LogP contribution >= 0.6 is 0 Å². The second-order valence-corrected chi connectivity index (χ2v) is 5.40. The Morgan fingerprint density at radius 3 is 2.41 bits per heavy atom. The van der Waals surface area contributed by atoms with E-state index in [0.29, 0.717) is 0 Å². The lowest BCUT2D eigenvalue weighted by atomic mass is 10.2. The number of carbonyl (C=O) groups is 2. The van der Waals surface area contributed by atoms with Gasteiger partial charge in [-0.05, 0) is 12.1 Å². The van der Waals surface area contributed by atoms with Gasteiger partial charge in [0.1, 0.15) is 6.61 Å². The van der Waals surface area contributed by atoms with Gasteiger partial charge in [-0.1, -0.05) is 18.2 Å². The number of nitro benzene ring substituents is 2. The number of rotatable bonds is 8. The van der Waals surface area contributed by atoms with Crippen molar-refractivity contribution in [2.45, 2.75) is 19.4 Å². The van der Waals surface area contributed by atoms with E-state index in [4.69, 9.17) is 4.74 Å². The summed E-state index contributed by atoms with van der Waals surface area (Å²) in [5.41, 5.74) is 0.157. The van der Waals surface area contributed by atoms with Crippen molar-refractivity contribution in [2.24, 2.45) is 0 Å². The number of hydrogen-bond donors (Lipinski definition) is 1. The zero-order valence-electron chi connectivity index (χ0n) is 14.0. The molecule has 2 rings (SSSR count). The Balaban J connectivity index is 1.82. The highest BCUT2D eigenvalue weighted by Crippen LogP contribution is 2.19. The van der Waals surface area contributed by atoms with Crippen LogP contribution < -0.4 is 5.32 Å². The fraction of sp³-hybridized carbons (Fsp3) is 0.176. The third-order valence-corrected chi connectivity index (χ3v) is 3.47. The number of para-hydroxylation sites is 1. The molecule has 0 radical (unpaired) electrons. The standard InChI is InChI=1S/C17H15N3O7/c21-16(18-13-5-3-6-14(10-13)19(23)24)8-9-17(22)27-11-12-4-1-2-7-15(12)20(25)26/h1-7,10H,8-9,11H2,(H,18,21). The largest absolute Gasteiger partial charge is 0.461 e. The van der Waals surface area contributed by atoms with Gasteiger partial charge in [-0.3, -0.25) is 29.8 Å². The Bertz CT molecular complexity index is 882. The molecule has 140 valence electrons. The van der Waals surface area contributed by atoms with E-state index in [9.17, 15) is 29.8 Å². The van der Waals surface area contributed by atoms with Crippen LogP contribution in [0.15, 0.2) is 48.5 Å². The smallest absolute Gasteiger partial charge is 0.306 e. The maximum atomic E-state index is 11.8. The van der Waals surface area contributed by atoms with Gasteiger partial charge in [0.2, 0.25) is 5.91 Å². The van der Waals surface area contributed by atoms with Gasteiger partial charge in [-0.25, -0.2) is 0 Å². The number of amides is 1. The van der Waals surface area contributed by atoms with E-state index in [1.807, 2.05) is 0 Å². The summed E-state index contributed by atoms with van der Waals surface area (Å²) < 4.78 is 4.96. The summed E-state index contributed by atoms with van der Waals surface area (Å²) in [6, 6.07) is 11.3. The van der Waals surface area contributed by atoms with Gasteiger partial charge in [0, 0.05) is 30.3 Å². The normalized spacial score (nSPS) is 10.1. The lowest BCUT2D eigenvalue weighted by Crippen LogP contribution is -2.14. The average molecular weight is 373 g/mol. The number of nitro groups is 2. The van der Waals surface area contributed by atoms with Gasteiger partial charge >= 0.3 is 5.97 Å². The molecule has 1 amide bonds. The Morgan fingerprint density at radius 1 is 0.963 bits per heavy atom. The van der Waals surface area contributed by atoms with Crippen LogP contribution in [0, 0.1) is 20.2 Å². The quantitative estimate of drug-likeness (QED) is 0.426. The molecule has 0 saturated carbocycles. The predicted molar refractivity (Wildman–Crippen MR) is 93.9 cm³/mol. The molecule has 0 atom stereocenters. The molecule has 2 aromatic rings. The molecule has 10 heteroatoms. The molecule has 0 aliphatic rings. The Labute approximate surface area is 153 Å². The van der Waals surface area contributed by atoms with Crippen LogP contribution in [0.5, 0.6) is 0 Å². The topological polar surface area (TPSA) is 142 Å². The van der Waals surface area contributed by atoms with Crippen LogP contribution in [0.4, 0.5) is 17.1 Å². The van der Waals surface area contributed by atoms with Crippen molar-refractivity contribution in [3.63, 3.8) is 0 Å². The van der Waals surface area contributed by atoms with E-state index in [0.717, 1.165) is 0 Å². The van der Waals surface area contributed by atoms with Gasteiger partial charge in [0.25, 0.3) is 11.4 Å². The Hall–Kier alpha value is -3.82. The van der Waals surface area contributed by atoms with Crippen molar-refractivity contribution < 1.29 is 24.2 Å². The van der Waals surface area contributed by atoms with Crippen LogP contribution in [-0.4, -0.2) is 21.7 Å². The molecular weight excluding hydrogens is 358 g/mol. The Kier molecular flexibility index (Phi) is 6.53. The minimum Gasteiger partial charge on any atom is -0.461 e. The molecule has 0 unspecified atom stereocenters. The Morgan fingerprint density at radius 2 is 1.70 bits per heavy atom. The van der Waals surface area contributed by atoms with Gasteiger partial charge in [-0.2, -0.15) is 0 Å². The maximum absolute atomic E-state index is 11.8. The summed E-state index contributed by atoms with van der Waals surface area (Å²) in [7, 11) is 0. The molecule has 1 N–H and O–H groups in total. The molecule has 0 fully saturated rings. The third-order valence-electron chi connectivity index (χ3n) is 3.47. The van der Waals surface area contributed by atoms with Gasteiger partial charge in [-0.15, -0.1) is 0 Å². The average Bonchev–Trinajstić information content (AvgIpc) is 2.65. The molecule has 0 spiro atoms. The summed E-state index contributed by atoms with van der Waals surface area (Å²) in [6.07, 6.45) is -0.431. The van der Waals surface area contributed by atoms with E-state index in [1.54, 1.807) is 6.07 Å². The number of ether oxygens (including phenoxy) is 1. The van der Waals surface area contributed by atoms with Crippen molar-refractivity contribution in [3.8, 4) is 0 Å². The van der Waals surface area contributed by atoms with Crippen molar-refractivity contribution in [1.29, 1.82) is 0 Å². The zero-order valence-corrected chi connectivity index (χ0v) is 14.0. The fourth-order valence-electron chi connectivity index (χ4n) is 2.18. The van der Waals surface area contributed by atoms with Gasteiger partial charge in [0.05, 0.1) is 21.8 Å². The van der Waals surface area contributed by atoms with Crippen molar-refractivity contribution in [3.05, 3.63) is 74.3 Å². The SMILES string of the molecule is O=C(CCC(=O)OCc1ccccc1[N+](=O)[O-])Nc1cccc([N+](=O)[O-])c1. The summed E-state index contributed by atoms with van der Waals surface area (Å²) in [5.74, 6) is -1.21. The first-order chi connectivity index (χ1) is 12.9.